The summed E-state index contributed by atoms with van der Waals surface area (Å²) in [7, 11) is 0. The van der Waals surface area contributed by atoms with Gasteiger partial charge in [0, 0.05) is 4.90 Å². The first-order chi connectivity index (χ1) is 7.83. The molecule has 0 atom stereocenters. The highest BCUT2D eigenvalue weighted by molar-refractivity contribution is 8.00. The van der Waals surface area contributed by atoms with E-state index >= 15 is 0 Å². The molecule has 0 radical (unpaired) electrons. The molecule has 0 saturated heterocycles. The Balaban J connectivity index is 2.27. The van der Waals surface area contributed by atoms with Gasteiger partial charge in [-0.3, -0.25) is 4.79 Å². The monoisotopic (exact) mass is 260 g/mol. The van der Waals surface area contributed by atoms with Gasteiger partial charge in [-0.1, -0.05) is 12.1 Å². The highest BCUT2D eigenvalue weighted by atomic mass is 32.2. The van der Waals surface area contributed by atoms with Crippen LogP contribution in [0.3, 0.4) is 0 Å². The first kappa shape index (κ1) is 12.5. The normalized spacial score (nSPS) is 17.9. The molecule has 0 bridgehead atoms. The lowest BCUT2D eigenvalue weighted by atomic mass is 9.92. The molecule has 0 spiro atoms. The van der Waals surface area contributed by atoms with Crippen LogP contribution in [0.4, 0.5) is 13.2 Å². The third kappa shape index (κ3) is 2.65. The highest BCUT2D eigenvalue weighted by Gasteiger charge is 2.48. The molecule has 0 aromatic heterocycles. The summed E-state index contributed by atoms with van der Waals surface area (Å²) in [6.07, 6.45) is 1.48. The number of hydrogen-bond acceptors (Lipinski definition) is 2. The molecule has 1 saturated carbocycles. The number of carbonyl (C=O) groups is 1. The third-order valence-electron chi connectivity index (χ3n) is 3.04. The Morgan fingerprint density at radius 2 is 2.00 bits per heavy atom. The molecule has 1 nitrogen and oxygen atoms in total. The molecule has 1 aromatic carbocycles. The molecule has 0 amide bonds. The van der Waals surface area contributed by atoms with Crippen molar-refractivity contribution in [3.63, 3.8) is 0 Å². The van der Waals surface area contributed by atoms with Crippen molar-refractivity contribution in [2.45, 2.75) is 35.6 Å². The van der Waals surface area contributed by atoms with E-state index < -0.39 is 10.9 Å². The van der Waals surface area contributed by atoms with Crippen LogP contribution in [0, 0.1) is 0 Å². The van der Waals surface area contributed by atoms with E-state index in [1.165, 1.54) is 19.1 Å². The molecule has 1 aliphatic rings. The zero-order valence-corrected chi connectivity index (χ0v) is 9.99. The summed E-state index contributed by atoms with van der Waals surface area (Å²) < 4.78 is 36.7. The lowest BCUT2D eigenvalue weighted by Gasteiger charge is -2.13. The van der Waals surface area contributed by atoms with Crippen molar-refractivity contribution in [1.29, 1.82) is 0 Å². The Hall–Kier alpha value is -0.970. The summed E-state index contributed by atoms with van der Waals surface area (Å²) in [6, 6.07) is 6.20. The first-order valence-corrected chi connectivity index (χ1v) is 6.02. The second-order valence-electron chi connectivity index (χ2n) is 4.21. The predicted molar refractivity (Wildman–Crippen MR) is 59.9 cm³/mol. The van der Waals surface area contributed by atoms with Crippen LogP contribution >= 0.6 is 11.8 Å². The average Bonchev–Trinajstić information content (AvgIpc) is 2.95. The van der Waals surface area contributed by atoms with Crippen molar-refractivity contribution in [3.05, 3.63) is 29.8 Å². The van der Waals surface area contributed by atoms with E-state index in [4.69, 9.17) is 0 Å². The maximum atomic E-state index is 12.2. The van der Waals surface area contributed by atoms with Crippen LogP contribution in [0.2, 0.25) is 0 Å². The molecule has 0 N–H and O–H groups in total. The lowest BCUT2D eigenvalue weighted by Crippen LogP contribution is -2.16. The Morgan fingerprint density at radius 1 is 1.35 bits per heavy atom. The molecule has 5 heteroatoms. The van der Waals surface area contributed by atoms with Gasteiger partial charge < -0.3 is 0 Å². The van der Waals surface area contributed by atoms with Gasteiger partial charge in [0.05, 0.1) is 5.41 Å². The smallest absolute Gasteiger partial charge is 0.299 e. The summed E-state index contributed by atoms with van der Waals surface area (Å²) in [5, 5.41) is 0. The van der Waals surface area contributed by atoms with Gasteiger partial charge in [-0.15, -0.1) is 0 Å². The number of halogens is 3. The highest BCUT2D eigenvalue weighted by Crippen LogP contribution is 2.50. The number of rotatable bonds is 3. The van der Waals surface area contributed by atoms with Gasteiger partial charge >= 0.3 is 5.51 Å². The van der Waals surface area contributed by atoms with Crippen molar-refractivity contribution < 1.29 is 18.0 Å². The van der Waals surface area contributed by atoms with Crippen molar-refractivity contribution in [3.8, 4) is 0 Å². The largest absolute Gasteiger partial charge is 0.446 e. The minimum absolute atomic E-state index is 0.0339. The molecule has 1 aliphatic carbocycles. The Labute approximate surface area is 101 Å². The SMILES string of the molecule is CC(=O)C1(c2cccc(SC(F)(F)F)c2)CC1. The van der Waals surface area contributed by atoms with Crippen LogP contribution in [-0.4, -0.2) is 11.3 Å². The van der Waals surface area contributed by atoms with Gasteiger partial charge in [0.1, 0.15) is 5.78 Å². The van der Waals surface area contributed by atoms with Gasteiger partial charge in [0.2, 0.25) is 0 Å². The standard InChI is InChI=1S/C12H11F3OS/c1-8(16)11(5-6-11)9-3-2-4-10(7-9)17-12(13,14)15/h2-4,7H,5-6H2,1H3. The van der Waals surface area contributed by atoms with Crippen molar-refractivity contribution in [1.82, 2.24) is 0 Å². The van der Waals surface area contributed by atoms with Crippen molar-refractivity contribution in [2.75, 3.05) is 0 Å². The van der Waals surface area contributed by atoms with E-state index in [0.717, 1.165) is 12.8 Å². The topological polar surface area (TPSA) is 17.1 Å². The van der Waals surface area contributed by atoms with Crippen LogP contribution in [0.15, 0.2) is 29.2 Å². The summed E-state index contributed by atoms with van der Waals surface area (Å²) in [5.74, 6) is 0.0339. The minimum Gasteiger partial charge on any atom is -0.299 e. The Morgan fingerprint density at radius 3 is 2.47 bits per heavy atom. The second-order valence-corrected chi connectivity index (χ2v) is 5.35. The van der Waals surface area contributed by atoms with Crippen LogP contribution in [0.25, 0.3) is 0 Å². The molecule has 1 fully saturated rings. The first-order valence-electron chi connectivity index (χ1n) is 5.21. The molecule has 0 heterocycles. The Bertz CT molecular complexity index is 449. The fourth-order valence-corrected chi connectivity index (χ4v) is 2.56. The third-order valence-corrected chi connectivity index (χ3v) is 3.77. The molecule has 1 aromatic rings. The zero-order chi connectivity index (χ0) is 12.7. The van der Waals surface area contributed by atoms with Crippen LogP contribution in [0.1, 0.15) is 25.3 Å². The summed E-state index contributed by atoms with van der Waals surface area (Å²) in [5.41, 5.74) is -4.09. The van der Waals surface area contributed by atoms with Crippen LogP contribution in [-0.2, 0) is 10.2 Å². The van der Waals surface area contributed by atoms with Crippen molar-refractivity contribution >= 4 is 17.5 Å². The number of alkyl halides is 3. The number of ketones is 1. The zero-order valence-electron chi connectivity index (χ0n) is 9.17. The summed E-state index contributed by atoms with van der Waals surface area (Å²) >= 11 is -0.141. The number of benzene rings is 1. The molecular weight excluding hydrogens is 249 g/mol. The van der Waals surface area contributed by atoms with Gasteiger partial charge in [-0.2, -0.15) is 13.2 Å². The summed E-state index contributed by atoms with van der Waals surface area (Å²) in [4.78, 5) is 11.6. The lowest BCUT2D eigenvalue weighted by molar-refractivity contribution is -0.119. The fourth-order valence-electron chi connectivity index (χ4n) is 1.96. The van der Waals surface area contributed by atoms with E-state index in [1.54, 1.807) is 12.1 Å². The van der Waals surface area contributed by atoms with Crippen molar-refractivity contribution in [2.24, 2.45) is 0 Å². The molecule has 0 unspecified atom stereocenters. The molecule has 92 valence electrons. The number of Topliss-reactive ketones (excluding diaryl/α,β-unsaturated/α-hetero) is 1. The van der Waals surface area contributed by atoms with E-state index in [1.807, 2.05) is 0 Å². The maximum absolute atomic E-state index is 12.2. The molecule has 2 rings (SSSR count). The second kappa shape index (κ2) is 4.05. The molecule has 17 heavy (non-hydrogen) atoms. The number of carbonyl (C=O) groups excluding carboxylic acids is 1. The number of hydrogen-bond donors (Lipinski definition) is 0. The quantitative estimate of drug-likeness (QED) is 0.766. The summed E-state index contributed by atoms with van der Waals surface area (Å²) in [6.45, 7) is 1.50. The minimum atomic E-state index is -4.29. The van der Waals surface area contributed by atoms with Gasteiger partial charge in [-0.25, -0.2) is 0 Å². The van der Waals surface area contributed by atoms with Gasteiger partial charge in [0.15, 0.2) is 0 Å². The average molecular weight is 260 g/mol. The predicted octanol–water partition coefficient (Wildman–Crippen LogP) is 3.92. The fraction of sp³-hybridized carbons (Fsp3) is 0.417. The van der Waals surface area contributed by atoms with E-state index in [0.29, 0.717) is 5.56 Å². The maximum Gasteiger partial charge on any atom is 0.446 e. The molecular formula is C12H11F3OS. The van der Waals surface area contributed by atoms with Crippen LogP contribution < -0.4 is 0 Å². The van der Waals surface area contributed by atoms with E-state index in [-0.39, 0.29) is 22.4 Å². The van der Waals surface area contributed by atoms with Gasteiger partial charge in [0.25, 0.3) is 0 Å². The molecule has 0 aliphatic heterocycles. The Kier molecular flexibility index (Phi) is 2.97. The van der Waals surface area contributed by atoms with E-state index in [2.05, 4.69) is 0 Å². The number of thioether (sulfide) groups is 1. The van der Waals surface area contributed by atoms with E-state index in [9.17, 15) is 18.0 Å². The van der Waals surface area contributed by atoms with Gasteiger partial charge in [-0.05, 0) is 49.2 Å². The van der Waals surface area contributed by atoms with Crippen LogP contribution in [0.5, 0.6) is 0 Å².